The van der Waals surface area contributed by atoms with E-state index in [1.165, 1.54) is 5.69 Å². The second-order valence-corrected chi connectivity index (χ2v) is 4.48. The molecule has 5 heteroatoms. The Morgan fingerprint density at radius 3 is 3.25 bits per heavy atom. The second-order valence-electron chi connectivity index (χ2n) is 3.59. The zero-order chi connectivity index (χ0) is 10.5. The van der Waals surface area contributed by atoms with Crippen LogP contribution in [0.3, 0.4) is 0 Å². The van der Waals surface area contributed by atoms with Gasteiger partial charge in [0.2, 0.25) is 0 Å². The van der Waals surface area contributed by atoms with Crippen LogP contribution < -0.4 is 5.32 Å². The van der Waals surface area contributed by atoms with Crippen molar-refractivity contribution in [3.63, 3.8) is 0 Å². The van der Waals surface area contributed by atoms with Gasteiger partial charge >= 0.3 is 0 Å². The normalized spacial score (nSPS) is 20.1. The summed E-state index contributed by atoms with van der Waals surface area (Å²) in [5.41, 5.74) is 1.17. The van der Waals surface area contributed by atoms with Crippen molar-refractivity contribution in [3.05, 3.63) is 28.7 Å². The van der Waals surface area contributed by atoms with Crippen molar-refractivity contribution in [2.24, 2.45) is 0 Å². The van der Waals surface area contributed by atoms with Crippen LogP contribution >= 0.6 is 23.7 Å². The third-order valence-corrected chi connectivity index (χ3v) is 3.40. The topological polar surface area (TPSA) is 34.1 Å². The maximum atomic E-state index is 5.41. The average molecular weight is 261 g/mol. The molecular weight excluding hydrogens is 244 g/mol. The number of hydrogen-bond donors (Lipinski definition) is 1. The van der Waals surface area contributed by atoms with Gasteiger partial charge in [-0.2, -0.15) is 0 Å². The zero-order valence-electron chi connectivity index (χ0n) is 9.15. The Hall–Kier alpha value is -0.420. The fraction of sp³-hybridized carbons (Fsp3) is 0.545. The quantitative estimate of drug-likeness (QED) is 0.844. The summed E-state index contributed by atoms with van der Waals surface area (Å²) in [7, 11) is 0. The first-order valence-electron chi connectivity index (χ1n) is 5.26. The van der Waals surface area contributed by atoms with Crippen LogP contribution in [0.25, 0.3) is 0 Å². The number of aromatic nitrogens is 1. The van der Waals surface area contributed by atoms with E-state index in [2.05, 4.69) is 22.3 Å². The minimum atomic E-state index is 0. The maximum absolute atomic E-state index is 5.41. The van der Waals surface area contributed by atoms with Gasteiger partial charge in [-0.25, -0.2) is 4.98 Å². The summed E-state index contributed by atoms with van der Waals surface area (Å²) in [4.78, 5) is 4.60. The molecule has 0 radical (unpaired) electrons. The van der Waals surface area contributed by atoms with Gasteiger partial charge in [0.1, 0.15) is 5.01 Å². The number of morpholine rings is 1. The molecule has 1 aromatic rings. The minimum Gasteiger partial charge on any atom is -0.378 e. The van der Waals surface area contributed by atoms with Crippen LogP contribution in [0.2, 0.25) is 0 Å². The molecule has 1 atom stereocenters. The van der Waals surface area contributed by atoms with Crippen molar-refractivity contribution in [3.8, 4) is 0 Å². The largest absolute Gasteiger partial charge is 0.378 e. The summed E-state index contributed by atoms with van der Waals surface area (Å²) < 4.78 is 5.41. The molecule has 1 saturated heterocycles. The Labute approximate surface area is 106 Å². The van der Waals surface area contributed by atoms with E-state index in [4.69, 9.17) is 4.74 Å². The van der Waals surface area contributed by atoms with Gasteiger partial charge in [0.25, 0.3) is 0 Å². The number of ether oxygens (including phenoxy) is 1. The van der Waals surface area contributed by atoms with Crippen molar-refractivity contribution < 1.29 is 4.74 Å². The molecule has 90 valence electrons. The molecule has 0 aliphatic carbocycles. The first-order chi connectivity index (χ1) is 7.40. The molecule has 1 N–H and O–H groups in total. The van der Waals surface area contributed by atoms with Gasteiger partial charge in [-0.15, -0.1) is 30.3 Å². The van der Waals surface area contributed by atoms with Crippen LogP contribution in [-0.2, 0) is 11.2 Å². The third kappa shape index (κ3) is 3.56. The van der Waals surface area contributed by atoms with Gasteiger partial charge in [0, 0.05) is 11.9 Å². The van der Waals surface area contributed by atoms with E-state index < -0.39 is 0 Å². The van der Waals surface area contributed by atoms with E-state index in [0.717, 1.165) is 37.6 Å². The Kier molecular flexibility index (Phi) is 5.98. The van der Waals surface area contributed by atoms with Gasteiger partial charge in [-0.05, 0) is 12.8 Å². The SMILES string of the molecule is C=CCCc1csc(C2COCCN2)n1.Cl. The number of aryl methyl sites for hydroxylation is 1. The molecular formula is C11H17ClN2OS. The molecule has 0 spiro atoms. The van der Waals surface area contributed by atoms with Gasteiger partial charge in [0.15, 0.2) is 0 Å². The monoisotopic (exact) mass is 260 g/mol. The average Bonchev–Trinajstić information content (AvgIpc) is 2.76. The number of nitrogens with one attached hydrogen (secondary N) is 1. The Balaban J connectivity index is 0.00000128. The molecule has 0 saturated carbocycles. The van der Waals surface area contributed by atoms with Gasteiger partial charge in [-0.1, -0.05) is 6.08 Å². The van der Waals surface area contributed by atoms with Crippen molar-refractivity contribution in [2.45, 2.75) is 18.9 Å². The molecule has 1 unspecified atom stereocenters. The maximum Gasteiger partial charge on any atom is 0.112 e. The number of nitrogens with zero attached hydrogens (tertiary/aromatic N) is 1. The summed E-state index contributed by atoms with van der Waals surface area (Å²) in [6, 6.07) is 0.293. The second kappa shape index (κ2) is 7.01. The molecule has 2 heterocycles. The van der Waals surface area contributed by atoms with Crippen molar-refractivity contribution in [1.29, 1.82) is 0 Å². The summed E-state index contributed by atoms with van der Waals surface area (Å²) in [6.07, 6.45) is 3.92. The first kappa shape index (κ1) is 13.6. The highest BCUT2D eigenvalue weighted by Crippen LogP contribution is 2.20. The Bertz CT molecular complexity index is 324. The number of thiazole rings is 1. The van der Waals surface area contributed by atoms with E-state index >= 15 is 0 Å². The van der Waals surface area contributed by atoms with Crippen LogP contribution in [0.4, 0.5) is 0 Å². The number of rotatable bonds is 4. The van der Waals surface area contributed by atoms with Gasteiger partial charge in [0.05, 0.1) is 24.9 Å². The summed E-state index contributed by atoms with van der Waals surface area (Å²) in [6.45, 7) is 6.19. The highest BCUT2D eigenvalue weighted by atomic mass is 35.5. The van der Waals surface area contributed by atoms with E-state index in [0.29, 0.717) is 6.04 Å². The zero-order valence-corrected chi connectivity index (χ0v) is 10.8. The van der Waals surface area contributed by atoms with E-state index in [1.54, 1.807) is 11.3 Å². The van der Waals surface area contributed by atoms with E-state index in [-0.39, 0.29) is 12.4 Å². The number of hydrogen-bond acceptors (Lipinski definition) is 4. The predicted molar refractivity (Wildman–Crippen MR) is 69.4 cm³/mol. The van der Waals surface area contributed by atoms with Crippen LogP contribution in [0.5, 0.6) is 0 Å². The fourth-order valence-electron chi connectivity index (χ4n) is 1.57. The summed E-state index contributed by atoms with van der Waals surface area (Å²) in [5, 5.41) is 6.69. The van der Waals surface area contributed by atoms with Crippen molar-refractivity contribution >= 4 is 23.7 Å². The molecule has 1 aliphatic heterocycles. The smallest absolute Gasteiger partial charge is 0.112 e. The molecule has 1 aromatic heterocycles. The molecule has 0 bridgehead atoms. The van der Waals surface area contributed by atoms with Crippen LogP contribution in [-0.4, -0.2) is 24.7 Å². The predicted octanol–water partition coefficient (Wildman–Crippen LogP) is 2.34. The van der Waals surface area contributed by atoms with Gasteiger partial charge in [-0.3, -0.25) is 0 Å². The van der Waals surface area contributed by atoms with Crippen molar-refractivity contribution in [1.82, 2.24) is 10.3 Å². The molecule has 2 rings (SSSR count). The third-order valence-electron chi connectivity index (χ3n) is 2.39. The molecule has 1 fully saturated rings. The molecule has 1 aliphatic rings. The van der Waals surface area contributed by atoms with Crippen LogP contribution in [0, 0.1) is 0 Å². The number of halogens is 1. The lowest BCUT2D eigenvalue weighted by Crippen LogP contribution is -2.34. The molecule has 16 heavy (non-hydrogen) atoms. The molecule has 0 aromatic carbocycles. The molecule has 0 amide bonds. The van der Waals surface area contributed by atoms with Crippen molar-refractivity contribution in [2.75, 3.05) is 19.8 Å². The first-order valence-corrected chi connectivity index (χ1v) is 6.14. The van der Waals surface area contributed by atoms with Crippen LogP contribution in [0.15, 0.2) is 18.0 Å². The van der Waals surface area contributed by atoms with E-state index in [1.807, 2.05) is 6.08 Å². The van der Waals surface area contributed by atoms with Gasteiger partial charge < -0.3 is 10.1 Å². The van der Waals surface area contributed by atoms with E-state index in [9.17, 15) is 0 Å². The highest BCUT2D eigenvalue weighted by Gasteiger charge is 2.18. The fourth-order valence-corrected chi connectivity index (χ4v) is 2.48. The summed E-state index contributed by atoms with van der Waals surface area (Å²) >= 11 is 1.72. The standard InChI is InChI=1S/C11H16N2OS.ClH/c1-2-3-4-9-8-15-11(13-9)10-7-14-6-5-12-10;/h2,8,10,12H,1,3-7H2;1H. The van der Waals surface area contributed by atoms with Crippen LogP contribution in [0.1, 0.15) is 23.2 Å². The Morgan fingerprint density at radius 2 is 2.56 bits per heavy atom. The lowest BCUT2D eigenvalue weighted by molar-refractivity contribution is 0.0767. The Morgan fingerprint density at radius 1 is 1.69 bits per heavy atom. The lowest BCUT2D eigenvalue weighted by Gasteiger charge is -2.21. The summed E-state index contributed by atoms with van der Waals surface area (Å²) in [5.74, 6) is 0. The minimum absolute atomic E-state index is 0. The highest BCUT2D eigenvalue weighted by molar-refractivity contribution is 7.09. The lowest BCUT2D eigenvalue weighted by atomic mass is 10.2. The molecule has 3 nitrogen and oxygen atoms in total. The number of allylic oxidation sites excluding steroid dienone is 1.